The van der Waals surface area contributed by atoms with Gasteiger partial charge in [-0.15, -0.1) is 4.36 Å². The number of urea groups is 1. The van der Waals surface area contributed by atoms with E-state index in [1.165, 1.54) is 13.3 Å². The predicted molar refractivity (Wildman–Crippen MR) is 118 cm³/mol. The molecule has 0 aliphatic carbocycles. The zero-order valence-electron chi connectivity index (χ0n) is 15.9. The van der Waals surface area contributed by atoms with Crippen molar-refractivity contribution in [2.45, 2.75) is 17.7 Å². The first-order chi connectivity index (χ1) is 13.7. The van der Waals surface area contributed by atoms with Crippen LogP contribution < -0.4 is 21.1 Å². The molecular formula is C17H22BrClN6O3S. The van der Waals surface area contributed by atoms with Crippen molar-refractivity contribution in [2.24, 2.45) is 4.36 Å². The first kappa shape index (κ1) is 23.2. The van der Waals surface area contributed by atoms with Gasteiger partial charge in [-0.25, -0.2) is 14.0 Å². The summed E-state index contributed by atoms with van der Waals surface area (Å²) in [7, 11) is -1.55. The first-order valence-corrected chi connectivity index (χ1v) is 11.7. The summed E-state index contributed by atoms with van der Waals surface area (Å²) in [5, 5.41) is 5.66. The summed E-state index contributed by atoms with van der Waals surface area (Å²) in [5.74, 6) is 0.967. The lowest BCUT2D eigenvalue weighted by molar-refractivity contribution is 0.251. The van der Waals surface area contributed by atoms with E-state index in [9.17, 15) is 9.00 Å². The van der Waals surface area contributed by atoms with E-state index in [1.54, 1.807) is 24.4 Å². The van der Waals surface area contributed by atoms with Gasteiger partial charge in [-0.3, -0.25) is 0 Å². The molecule has 1 aromatic heterocycles. The fraction of sp³-hybridized carbons (Fsp3) is 0.353. The van der Waals surface area contributed by atoms with Crippen LogP contribution in [-0.2, 0) is 9.73 Å². The Balaban J connectivity index is 1.94. The standard InChI is InChI=1S/C17H22BrClN6O3S/c1-21-17(26)25-29(2,27)14-6-5-11(20)9-13(14)28-8-4-3-7-22-15-12(18)10-23-16(19)24-15/h5-6,9-10H,3-4,7-8,20H2,1-2H3,(H,21,26)(H,22,23,24). The normalized spacial score (nSPS) is 12.7. The van der Waals surface area contributed by atoms with E-state index in [0.717, 1.165) is 17.3 Å². The molecule has 1 unspecified atom stereocenters. The Morgan fingerprint density at radius 3 is 2.90 bits per heavy atom. The minimum absolute atomic E-state index is 0.165. The molecule has 0 aliphatic rings. The molecule has 0 spiro atoms. The highest BCUT2D eigenvalue weighted by Crippen LogP contribution is 2.28. The molecule has 1 atom stereocenters. The molecule has 158 valence electrons. The van der Waals surface area contributed by atoms with Crippen LogP contribution in [0.25, 0.3) is 0 Å². The lowest BCUT2D eigenvalue weighted by Crippen LogP contribution is -2.16. The summed E-state index contributed by atoms with van der Waals surface area (Å²) < 4.78 is 23.1. The number of carbonyl (C=O) groups is 1. The number of hydrogen-bond donors (Lipinski definition) is 3. The van der Waals surface area contributed by atoms with Gasteiger partial charge in [-0.1, -0.05) is 0 Å². The summed E-state index contributed by atoms with van der Waals surface area (Å²) in [6.45, 7) is 1.02. The third kappa shape index (κ3) is 7.02. The van der Waals surface area contributed by atoms with Crippen molar-refractivity contribution in [3.8, 4) is 5.75 Å². The Kier molecular flexibility index (Phi) is 8.47. The van der Waals surface area contributed by atoms with Gasteiger partial charge < -0.3 is 21.1 Å². The quantitative estimate of drug-likeness (QED) is 0.284. The van der Waals surface area contributed by atoms with Crippen LogP contribution in [0.3, 0.4) is 0 Å². The van der Waals surface area contributed by atoms with Gasteiger partial charge in [-0.05, 0) is 52.5 Å². The average Bonchev–Trinajstić information content (AvgIpc) is 2.66. The number of amides is 2. The summed E-state index contributed by atoms with van der Waals surface area (Å²) in [4.78, 5) is 19.8. The van der Waals surface area contributed by atoms with Crippen molar-refractivity contribution in [2.75, 3.05) is 37.5 Å². The maximum Gasteiger partial charge on any atom is 0.349 e. The predicted octanol–water partition coefficient (Wildman–Crippen LogP) is 3.54. The van der Waals surface area contributed by atoms with Crippen molar-refractivity contribution < 1.29 is 13.7 Å². The number of nitrogens with two attached hydrogens (primary N) is 1. The molecule has 1 heterocycles. The summed E-state index contributed by atoms with van der Waals surface area (Å²) >= 11 is 9.13. The number of unbranched alkanes of at least 4 members (excludes halogenated alkanes) is 1. The zero-order valence-corrected chi connectivity index (χ0v) is 19.1. The van der Waals surface area contributed by atoms with E-state index in [-0.39, 0.29) is 5.28 Å². The van der Waals surface area contributed by atoms with E-state index < -0.39 is 15.8 Å². The molecule has 2 rings (SSSR count). The Morgan fingerprint density at radius 2 is 2.17 bits per heavy atom. The van der Waals surface area contributed by atoms with Gasteiger partial charge in [0.15, 0.2) is 0 Å². The monoisotopic (exact) mass is 504 g/mol. The summed E-state index contributed by atoms with van der Waals surface area (Å²) in [6.07, 6.45) is 4.47. The maximum atomic E-state index is 12.9. The van der Waals surface area contributed by atoms with Crippen LogP contribution in [0.5, 0.6) is 5.75 Å². The van der Waals surface area contributed by atoms with E-state index in [2.05, 4.69) is 40.9 Å². The number of halogens is 2. The third-order valence-corrected chi connectivity index (χ3v) is 6.11. The third-order valence-electron chi connectivity index (χ3n) is 3.68. The number of nitrogen functional groups attached to an aromatic ring is 1. The molecule has 12 heteroatoms. The average molecular weight is 506 g/mol. The van der Waals surface area contributed by atoms with Crippen molar-refractivity contribution >= 4 is 54.8 Å². The van der Waals surface area contributed by atoms with Gasteiger partial charge in [0, 0.05) is 37.8 Å². The number of ether oxygens (including phenoxy) is 1. The van der Waals surface area contributed by atoms with Crippen molar-refractivity contribution in [1.82, 2.24) is 15.3 Å². The fourth-order valence-electron chi connectivity index (χ4n) is 2.29. The minimum Gasteiger partial charge on any atom is -0.492 e. The topological polar surface area (TPSA) is 132 Å². The van der Waals surface area contributed by atoms with Gasteiger partial charge in [-0.2, -0.15) is 4.98 Å². The van der Waals surface area contributed by atoms with E-state index >= 15 is 0 Å². The Labute approximate surface area is 183 Å². The molecule has 0 fully saturated rings. The molecule has 0 saturated carbocycles. The van der Waals surface area contributed by atoms with Crippen LogP contribution in [0.4, 0.5) is 16.3 Å². The lowest BCUT2D eigenvalue weighted by atomic mass is 10.3. The van der Waals surface area contributed by atoms with Gasteiger partial charge >= 0.3 is 6.03 Å². The molecule has 1 aromatic carbocycles. The fourth-order valence-corrected chi connectivity index (χ4v) is 4.07. The van der Waals surface area contributed by atoms with Gasteiger partial charge in [0.25, 0.3) is 0 Å². The SMILES string of the molecule is CNC(=O)N=S(C)(=O)c1ccc(N)cc1OCCCCNc1nc(Cl)ncc1Br. The van der Waals surface area contributed by atoms with Crippen LogP contribution in [-0.4, -0.2) is 46.7 Å². The van der Waals surface area contributed by atoms with Crippen LogP contribution in [0.15, 0.2) is 38.1 Å². The highest BCUT2D eigenvalue weighted by Gasteiger charge is 2.15. The molecular weight excluding hydrogens is 484 g/mol. The zero-order chi connectivity index (χ0) is 21.4. The van der Waals surface area contributed by atoms with Crippen molar-refractivity contribution in [3.05, 3.63) is 34.2 Å². The second kappa shape index (κ2) is 10.6. The number of aromatic nitrogens is 2. The Morgan fingerprint density at radius 1 is 1.41 bits per heavy atom. The van der Waals surface area contributed by atoms with Gasteiger partial charge in [0.2, 0.25) is 5.28 Å². The Bertz CT molecular complexity index is 997. The summed E-state index contributed by atoms with van der Waals surface area (Å²) in [5.41, 5.74) is 6.28. The highest BCUT2D eigenvalue weighted by atomic mass is 79.9. The Hall–Kier alpha value is -2.11. The molecule has 29 heavy (non-hydrogen) atoms. The highest BCUT2D eigenvalue weighted by molar-refractivity contribution is 9.10. The molecule has 0 aliphatic heterocycles. The smallest absolute Gasteiger partial charge is 0.349 e. The number of benzene rings is 1. The van der Waals surface area contributed by atoms with Crippen molar-refractivity contribution in [1.29, 1.82) is 0 Å². The first-order valence-electron chi connectivity index (χ1n) is 8.61. The molecule has 0 saturated heterocycles. The maximum absolute atomic E-state index is 12.9. The number of hydrogen-bond acceptors (Lipinski definition) is 7. The van der Waals surface area contributed by atoms with Crippen LogP contribution in [0.2, 0.25) is 5.28 Å². The molecule has 0 bridgehead atoms. The minimum atomic E-state index is -2.97. The van der Waals surface area contributed by atoms with Gasteiger partial charge in [0.1, 0.15) is 11.6 Å². The number of anilines is 2. The molecule has 9 nitrogen and oxygen atoms in total. The summed E-state index contributed by atoms with van der Waals surface area (Å²) in [6, 6.07) is 4.08. The second-order valence-corrected chi connectivity index (χ2v) is 9.39. The number of carbonyl (C=O) groups excluding carboxylic acids is 1. The number of nitrogens with one attached hydrogen (secondary N) is 2. The molecule has 0 radical (unpaired) electrons. The number of rotatable bonds is 8. The lowest BCUT2D eigenvalue weighted by Gasteiger charge is -2.13. The van der Waals surface area contributed by atoms with E-state index in [0.29, 0.717) is 35.3 Å². The van der Waals surface area contributed by atoms with Gasteiger partial charge in [0.05, 0.1) is 25.7 Å². The van der Waals surface area contributed by atoms with Crippen LogP contribution in [0, 0.1) is 0 Å². The van der Waals surface area contributed by atoms with E-state index in [1.807, 2.05) is 0 Å². The molecule has 2 aromatic rings. The molecule has 2 amide bonds. The van der Waals surface area contributed by atoms with Crippen LogP contribution in [0.1, 0.15) is 12.8 Å². The van der Waals surface area contributed by atoms with E-state index in [4.69, 9.17) is 22.1 Å². The largest absolute Gasteiger partial charge is 0.492 e. The number of nitrogens with zero attached hydrogens (tertiary/aromatic N) is 3. The molecule has 4 N–H and O–H groups in total. The van der Waals surface area contributed by atoms with Crippen molar-refractivity contribution in [3.63, 3.8) is 0 Å². The second-order valence-electron chi connectivity index (χ2n) is 5.97. The van der Waals surface area contributed by atoms with Crippen LogP contribution >= 0.6 is 27.5 Å².